The third-order valence-corrected chi connectivity index (χ3v) is 4.04. The van der Waals surface area contributed by atoms with E-state index in [0.717, 1.165) is 5.39 Å². The summed E-state index contributed by atoms with van der Waals surface area (Å²) in [5.41, 5.74) is 0.558. The summed E-state index contributed by atoms with van der Waals surface area (Å²) < 4.78 is 11.9. The van der Waals surface area contributed by atoms with Gasteiger partial charge in [0.2, 0.25) is 0 Å². The highest BCUT2D eigenvalue weighted by atomic mass is 31.2. The van der Waals surface area contributed by atoms with Gasteiger partial charge in [-0.25, -0.2) is 9.78 Å². The van der Waals surface area contributed by atoms with Crippen molar-refractivity contribution < 1.29 is 14.5 Å². The van der Waals surface area contributed by atoms with E-state index >= 15 is 0 Å². The van der Waals surface area contributed by atoms with Gasteiger partial charge < -0.3 is 9.67 Å². The molecule has 0 aliphatic carbocycles. The molecular weight excluding hydrogens is 237 g/mol. The first-order chi connectivity index (χ1) is 7.88. The Morgan fingerprint density at radius 1 is 1.24 bits per heavy atom. The van der Waals surface area contributed by atoms with Crippen molar-refractivity contribution >= 4 is 29.3 Å². The highest BCUT2D eigenvalue weighted by Gasteiger charge is 2.12. The Morgan fingerprint density at radius 2 is 1.88 bits per heavy atom. The van der Waals surface area contributed by atoms with Crippen LogP contribution in [0.1, 0.15) is 10.5 Å². The van der Waals surface area contributed by atoms with E-state index in [1.807, 2.05) is 6.07 Å². The van der Waals surface area contributed by atoms with E-state index in [1.165, 1.54) is 6.07 Å². The van der Waals surface area contributed by atoms with Gasteiger partial charge in [-0.2, -0.15) is 0 Å². The summed E-state index contributed by atoms with van der Waals surface area (Å²) in [5, 5.41) is 10.4. The average molecular weight is 249 g/mol. The van der Waals surface area contributed by atoms with E-state index in [4.69, 9.17) is 5.11 Å². The van der Waals surface area contributed by atoms with Gasteiger partial charge in [0, 0.05) is 10.7 Å². The first kappa shape index (κ1) is 11.8. The maximum atomic E-state index is 11.9. The van der Waals surface area contributed by atoms with Crippen molar-refractivity contribution in [3.8, 4) is 0 Å². The standard InChI is InChI=1S/C12H12NO3P/c1-17(2,16)9-5-3-8-4-6-10(12(14)15)13-11(8)7-9/h3-7H,1-2H3,(H,14,15). The molecule has 0 radical (unpaired) electrons. The number of hydrogen-bond donors (Lipinski definition) is 1. The largest absolute Gasteiger partial charge is 0.477 e. The Bertz CT molecular complexity index is 645. The lowest BCUT2D eigenvalue weighted by atomic mass is 10.2. The second-order valence-corrected chi connectivity index (χ2v) is 7.45. The van der Waals surface area contributed by atoms with Crippen molar-refractivity contribution in [2.75, 3.05) is 13.3 Å². The monoisotopic (exact) mass is 249 g/mol. The fourth-order valence-electron chi connectivity index (χ4n) is 1.56. The predicted molar refractivity (Wildman–Crippen MR) is 67.8 cm³/mol. The molecule has 1 N–H and O–H groups in total. The van der Waals surface area contributed by atoms with Gasteiger partial charge in [0.25, 0.3) is 0 Å². The summed E-state index contributed by atoms with van der Waals surface area (Å²) in [6, 6.07) is 8.46. The van der Waals surface area contributed by atoms with Crippen molar-refractivity contribution in [3.63, 3.8) is 0 Å². The zero-order valence-electron chi connectivity index (χ0n) is 9.54. The normalized spacial score (nSPS) is 11.6. The minimum Gasteiger partial charge on any atom is -0.477 e. The quantitative estimate of drug-likeness (QED) is 0.828. The van der Waals surface area contributed by atoms with Crippen molar-refractivity contribution in [2.24, 2.45) is 0 Å². The zero-order chi connectivity index (χ0) is 12.6. The number of carbonyl (C=O) groups is 1. The molecule has 4 nitrogen and oxygen atoms in total. The Kier molecular flexibility index (Phi) is 2.76. The van der Waals surface area contributed by atoms with Crippen molar-refractivity contribution in [2.45, 2.75) is 0 Å². The summed E-state index contributed by atoms with van der Waals surface area (Å²) in [6.07, 6.45) is 0. The lowest BCUT2D eigenvalue weighted by molar-refractivity contribution is 0.0691. The molecule has 88 valence electrons. The molecule has 2 aromatic rings. The number of pyridine rings is 1. The first-order valence-electron chi connectivity index (χ1n) is 5.07. The SMILES string of the molecule is CP(C)(=O)c1ccc2ccc(C(=O)O)nc2c1. The van der Waals surface area contributed by atoms with Gasteiger partial charge in [0.05, 0.1) is 5.52 Å². The number of carboxylic acids is 1. The van der Waals surface area contributed by atoms with Gasteiger partial charge in [-0.05, 0) is 25.5 Å². The summed E-state index contributed by atoms with van der Waals surface area (Å²) in [5.74, 6) is -1.06. The molecule has 0 amide bonds. The molecule has 0 aliphatic rings. The van der Waals surface area contributed by atoms with Crippen LogP contribution in [0.5, 0.6) is 0 Å². The number of aromatic carboxylic acids is 1. The smallest absolute Gasteiger partial charge is 0.354 e. The second kappa shape index (κ2) is 3.97. The lowest BCUT2D eigenvalue weighted by Gasteiger charge is -2.07. The molecule has 0 fully saturated rings. The number of carboxylic acid groups (broad SMARTS) is 1. The zero-order valence-corrected chi connectivity index (χ0v) is 10.4. The fraction of sp³-hybridized carbons (Fsp3) is 0.167. The van der Waals surface area contributed by atoms with Gasteiger partial charge in [0.15, 0.2) is 0 Å². The van der Waals surface area contributed by atoms with Crippen molar-refractivity contribution in [1.82, 2.24) is 4.98 Å². The fourth-order valence-corrected chi connectivity index (χ4v) is 2.43. The van der Waals surface area contributed by atoms with Gasteiger partial charge in [0.1, 0.15) is 12.8 Å². The Hall–Kier alpha value is -1.67. The van der Waals surface area contributed by atoms with Crippen LogP contribution in [0.15, 0.2) is 30.3 Å². The Labute approximate surface area is 98.7 Å². The molecule has 1 aromatic heterocycles. The van der Waals surface area contributed by atoms with E-state index in [9.17, 15) is 9.36 Å². The summed E-state index contributed by atoms with van der Waals surface area (Å²) in [7, 11) is -2.35. The molecule has 2 rings (SSSR count). The number of nitrogens with zero attached hydrogens (tertiary/aromatic N) is 1. The topological polar surface area (TPSA) is 67.3 Å². The lowest BCUT2D eigenvalue weighted by Crippen LogP contribution is -2.04. The molecule has 0 unspecified atom stereocenters. The minimum atomic E-state index is -2.35. The Morgan fingerprint density at radius 3 is 2.47 bits per heavy atom. The molecular formula is C12H12NO3P. The van der Waals surface area contributed by atoms with E-state index in [0.29, 0.717) is 10.8 Å². The third kappa shape index (κ3) is 2.37. The Balaban J connectivity index is 2.67. The number of fused-ring (bicyclic) bond motifs is 1. The minimum absolute atomic E-state index is 0.00307. The highest BCUT2D eigenvalue weighted by molar-refractivity contribution is 7.70. The number of hydrogen-bond acceptors (Lipinski definition) is 3. The van der Waals surface area contributed by atoms with Gasteiger partial charge in [-0.1, -0.05) is 18.2 Å². The van der Waals surface area contributed by atoms with Crippen LogP contribution < -0.4 is 5.30 Å². The van der Waals surface area contributed by atoms with Crippen LogP contribution in [0.2, 0.25) is 0 Å². The number of rotatable bonds is 2. The van der Waals surface area contributed by atoms with E-state index in [1.54, 1.807) is 31.5 Å². The molecule has 0 spiro atoms. The van der Waals surface area contributed by atoms with Gasteiger partial charge >= 0.3 is 5.97 Å². The number of benzene rings is 1. The molecule has 0 saturated heterocycles. The van der Waals surface area contributed by atoms with E-state index < -0.39 is 13.1 Å². The summed E-state index contributed by atoms with van der Waals surface area (Å²) >= 11 is 0. The molecule has 5 heteroatoms. The van der Waals surface area contributed by atoms with Crippen molar-refractivity contribution in [3.05, 3.63) is 36.0 Å². The number of aromatic nitrogens is 1. The molecule has 1 aromatic carbocycles. The first-order valence-corrected chi connectivity index (χ1v) is 7.68. The predicted octanol–water partition coefficient (Wildman–Crippen LogP) is 2.18. The highest BCUT2D eigenvalue weighted by Crippen LogP contribution is 2.35. The van der Waals surface area contributed by atoms with Crippen molar-refractivity contribution in [1.29, 1.82) is 0 Å². The van der Waals surface area contributed by atoms with Crippen LogP contribution in [0, 0.1) is 0 Å². The van der Waals surface area contributed by atoms with Crippen LogP contribution in [-0.4, -0.2) is 29.4 Å². The second-order valence-electron chi connectivity index (χ2n) is 4.23. The molecule has 17 heavy (non-hydrogen) atoms. The van der Waals surface area contributed by atoms with Gasteiger partial charge in [-0.15, -0.1) is 0 Å². The van der Waals surface area contributed by atoms with E-state index in [-0.39, 0.29) is 5.69 Å². The molecule has 1 heterocycles. The summed E-state index contributed by atoms with van der Waals surface area (Å²) in [4.78, 5) is 14.8. The molecule has 0 atom stereocenters. The van der Waals surface area contributed by atoms with E-state index in [2.05, 4.69) is 4.98 Å². The average Bonchev–Trinajstić information content (AvgIpc) is 2.26. The van der Waals surface area contributed by atoms with Crippen LogP contribution >= 0.6 is 7.14 Å². The van der Waals surface area contributed by atoms with Crippen LogP contribution in [0.25, 0.3) is 10.9 Å². The maximum Gasteiger partial charge on any atom is 0.354 e. The van der Waals surface area contributed by atoms with Crippen LogP contribution in [0.4, 0.5) is 0 Å². The van der Waals surface area contributed by atoms with Crippen LogP contribution in [-0.2, 0) is 4.57 Å². The summed E-state index contributed by atoms with van der Waals surface area (Å²) in [6.45, 7) is 3.35. The van der Waals surface area contributed by atoms with Crippen LogP contribution in [0.3, 0.4) is 0 Å². The third-order valence-electron chi connectivity index (χ3n) is 2.52. The maximum absolute atomic E-state index is 11.9. The molecule has 0 aliphatic heterocycles. The van der Waals surface area contributed by atoms with Gasteiger partial charge in [-0.3, -0.25) is 0 Å². The molecule has 0 bridgehead atoms. The molecule has 0 saturated carbocycles.